The van der Waals surface area contributed by atoms with Gasteiger partial charge in [0, 0.05) is 30.3 Å². The van der Waals surface area contributed by atoms with E-state index < -0.39 is 0 Å². The molecule has 3 rings (SSSR count). The van der Waals surface area contributed by atoms with Crippen LogP contribution in [0.5, 0.6) is 0 Å². The van der Waals surface area contributed by atoms with Gasteiger partial charge in [0.25, 0.3) is 5.56 Å². The standard InChI is InChI=1S/C33H51N5O/c1-8-14-17-20-29-27(19-16-10-3)33(39)38-32(35-29)31(30(36-38)25(11-4)18-15-9-2)34-28-22-21-26(23-24(28)7)37(12-5)13-6/h21-23,25H,8-20H2,1-7H3. The first kappa shape index (κ1) is 30.8. The third kappa shape index (κ3) is 7.26. The summed E-state index contributed by atoms with van der Waals surface area (Å²) >= 11 is 0. The maximum Gasteiger partial charge on any atom is 0.277 e. The third-order valence-corrected chi connectivity index (χ3v) is 8.03. The summed E-state index contributed by atoms with van der Waals surface area (Å²) in [4.78, 5) is 26.6. The van der Waals surface area contributed by atoms with Gasteiger partial charge >= 0.3 is 0 Å². The quantitative estimate of drug-likeness (QED) is 0.205. The van der Waals surface area contributed by atoms with Crippen molar-refractivity contribution in [3.8, 4) is 0 Å². The average Bonchev–Trinajstić information content (AvgIpc) is 3.29. The van der Waals surface area contributed by atoms with Crippen LogP contribution in [0.1, 0.15) is 122 Å². The van der Waals surface area contributed by atoms with Crippen LogP contribution in [0.15, 0.2) is 33.1 Å². The van der Waals surface area contributed by atoms with Crippen molar-refractivity contribution in [1.29, 1.82) is 0 Å². The fourth-order valence-corrected chi connectivity index (χ4v) is 5.50. The van der Waals surface area contributed by atoms with Crippen molar-refractivity contribution in [2.45, 2.75) is 119 Å². The fourth-order valence-electron chi connectivity index (χ4n) is 5.50. The van der Waals surface area contributed by atoms with Gasteiger partial charge in [-0.3, -0.25) is 4.79 Å². The first-order chi connectivity index (χ1) is 18.9. The van der Waals surface area contributed by atoms with Gasteiger partial charge in [-0.25, -0.2) is 9.98 Å². The molecule has 2 aromatic rings. The van der Waals surface area contributed by atoms with E-state index in [1.165, 1.54) is 5.69 Å². The molecule has 1 aromatic carbocycles. The van der Waals surface area contributed by atoms with Crippen molar-refractivity contribution in [2.24, 2.45) is 16.0 Å². The fraction of sp³-hybridized carbons (Fsp3) is 0.636. The van der Waals surface area contributed by atoms with Gasteiger partial charge in [-0.15, -0.1) is 0 Å². The molecule has 1 atom stereocenters. The number of unbranched alkanes of at least 4 members (excludes halogenated alkanes) is 4. The van der Waals surface area contributed by atoms with E-state index in [2.05, 4.69) is 71.6 Å². The highest BCUT2D eigenvalue weighted by Gasteiger charge is 2.32. The molecule has 0 aliphatic carbocycles. The zero-order valence-electron chi connectivity index (χ0n) is 25.6. The Morgan fingerprint density at radius 3 is 2.26 bits per heavy atom. The van der Waals surface area contributed by atoms with Gasteiger partial charge < -0.3 is 4.90 Å². The molecule has 0 N–H and O–H groups in total. The molecule has 2 heterocycles. The van der Waals surface area contributed by atoms with Gasteiger partial charge in [0.2, 0.25) is 0 Å². The summed E-state index contributed by atoms with van der Waals surface area (Å²) in [7, 11) is 0. The molecular weight excluding hydrogens is 482 g/mol. The first-order valence-electron chi connectivity index (χ1n) is 15.6. The van der Waals surface area contributed by atoms with E-state index >= 15 is 0 Å². The Kier molecular flexibility index (Phi) is 11.9. The lowest BCUT2D eigenvalue weighted by atomic mass is 9.91. The number of rotatable bonds is 16. The minimum absolute atomic E-state index is 0.00148. The van der Waals surface area contributed by atoms with Crippen molar-refractivity contribution < 1.29 is 0 Å². The molecule has 214 valence electrons. The number of hydrogen-bond donors (Lipinski definition) is 0. The summed E-state index contributed by atoms with van der Waals surface area (Å²) in [6, 6.07) is 6.49. The van der Waals surface area contributed by atoms with Crippen LogP contribution >= 0.6 is 0 Å². The highest BCUT2D eigenvalue weighted by Crippen LogP contribution is 2.29. The van der Waals surface area contributed by atoms with Crippen LogP contribution in [0.3, 0.4) is 0 Å². The zero-order chi connectivity index (χ0) is 28.4. The second-order valence-corrected chi connectivity index (χ2v) is 10.9. The first-order valence-corrected chi connectivity index (χ1v) is 15.6. The topological polar surface area (TPSA) is 62.9 Å². The van der Waals surface area contributed by atoms with Crippen molar-refractivity contribution in [3.63, 3.8) is 0 Å². The van der Waals surface area contributed by atoms with Crippen molar-refractivity contribution >= 4 is 22.8 Å². The molecular formula is C33H51N5O. The smallest absolute Gasteiger partial charge is 0.277 e. The van der Waals surface area contributed by atoms with E-state index in [1.807, 2.05) is 0 Å². The molecule has 0 spiro atoms. The van der Waals surface area contributed by atoms with E-state index in [4.69, 9.17) is 15.1 Å². The SMILES string of the molecule is CCCCCc1nc2n(c(=O)c1CCCC)N=C(C(CC)CCCC)C2=Nc1ccc(N(CC)CC)cc1C. The summed E-state index contributed by atoms with van der Waals surface area (Å²) in [6.07, 6.45) is 11.2. The van der Waals surface area contributed by atoms with Crippen LogP contribution < -0.4 is 10.5 Å². The zero-order valence-corrected chi connectivity index (χ0v) is 25.6. The molecule has 1 aliphatic rings. The highest BCUT2D eigenvalue weighted by atomic mass is 16.1. The molecule has 39 heavy (non-hydrogen) atoms. The molecule has 1 aliphatic heterocycles. The molecule has 6 nitrogen and oxygen atoms in total. The summed E-state index contributed by atoms with van der Waals surface area (Å²) in [5.41, 5.74) is 6.77. The minimum Gasteiger partial charge on any atom is -0.372 e. The number of fused-ring (bicyclic) bond motifs is 1. The van der Waals surface area contributed by atoms with E-state index in [0.717, 1.165) is 118 Å². The van der Waals surface area contributed by atoms with Gasteiger partial charge in [0.05, 0.1) is 17.1 Å². The number of benzene rings is 1. The van der Waals surface area contributed by atoms with Crippen LogP contribution in [-0.4, -0.2) is 34.2 Å². The van der Waals surface area contributed by atoms with Gasteiger partial charge in [-0.1, -0.05) is 59.8 Å². The molecule has 0 amide bonds. The molecule has 0 saturated heterocycles. The maximum atomic E-state index is 13.9. The predicted octanol–water partition coefficient (Wildman–Crippen LogP) is 8.03. The molecule has 0 bridgehead atoms. The van der Waals surface area contributed by atoms with Crippen molar-refractivity contribution in [2.75, 3.05) is 18.0 Å². The Labute approximate surface area is 236 Å². The summed E-state index contributed by atoms with van der Waals surface area (Å²) in [5.74, 6) is 0.881. The molecule has 0 saturated carbocycles. The van der Waals surface area contributed by atoms with E-state index in [1.54, 1.807) is 4.68 Å². The van der Waals surface area contributed by atoms with Gasteiger partial charge in [-0.05, 0) is 83.1 Å². The lowest BCUT2D eigenvalue weighted by molar-refractivity contribution is 0.569. The van der Waals surface area contributed by atoms with Crippen molar-refractivity contribution in [3.05, 3.63) is 51.2 Å². The van der Waals surface area contributed by atoms with Crippen molar-refractivity contribution in [1.82, 2.24) is 9.66 Å². The lowest BCUT2D eigenvalue weighted by Gasteiger charge is -2.22. The average molecular weight is 534 g/mol. The van der Waals surface area contributed by atoms with Crippen LogP contribution in [0, 0.1) is 12.8 Å². The normalized spacial score (nSPS) is 14.5. The Morgan fingerprint density at radius 2 is 1.64 bits per heavy atom. The predicted molar refractivity (Wildman–Crippen MR) is 167 cm³/mol. The highest BCUT2D eigenvalue weighted by molar-refractivity contribution is 6.49. The monoisotopic (exact) mass is 533 g/mol. The summed E-state index contributed by atoms with van der Waals surface area (Å²) in [5, 5.41) is 4.98. The van der Waals surface area contributed by atoms with Crippen LogP contribution in [0.25, 0.3) is 0 Å². The Balaban J connectivity index is 2.19. The third-order valence-electron chi connectivity index (χ3n) is 8.03. The summed E-state index contributed by atoms with van der Waals surface area (Å²) in [6.45, 7) is 17.2. The second-order valence-electron chi connectivity index (χ2n) is 10.9. The summed E-state index contributed by atoms with van der Waals surface area (Å²) < 4.78 is 1.58. The van der Waals surface area contributed by atoms with E-state index in [0.29, 0.717) is 5.82 Å². The van der Waals surface area contributed by atoms with Gasteiger partial charge in [0.1, 0.15) is 5.71 Å². The second kappa shape index (κ2) is 15.1. The number of aryl methyl sites for hydroxylation is 2. The molecule has 6 heteroatoms. The van der Waals surface area contributed by atoms with Crippen LogP contribution in [-0.2, 0) is 12.8 Å². The number of aromatic nitrogens is 2. The van der Waals surface area contributed by atoms with Gasteiger partial charge in [-0.2, -0.15) is 9.78 Å². The number of nitrogens with zero attached hydrogens (tertiary/aromatic N) is 5. The number of anilines is 1. The van der Waals surface area contributed by atoms with Crippen LogP contribution in [0.2, 0.25) is 0 Å². The Bertz CT molecular complexity index is 1210. The Hall–Kier alpha value is -2.76. The van der Waals surface area contributed by atoms with Crippen LogP contribution in [0.4, 0.5) is 11.4 Å². The molecule has 1 aromatic heterocycles. The Morgan fingerprint density at radius 1 is 0.923 bits per heavy atom. The number of hydrogen-bond acceptors (Lipinski definition) is 5. The number of aliphatic imine (C=N–C) groups is 1. The lowest BCUT2D eigenvalue weighted by Crippen LogP contribution is -2.28. The molecule has 1 unspecified atom stereocenters. The van der Waals surface area contributed by atoms with E-state index in [9.17, 15) is 4.79 Å². The molecule has 0 radical (unpaired) electrons. The van der Waals surface area contributed by atoms with Gasteiger partial charge in [0.15, 0.2) is 5.82 Å². The minimum atomic E-state index is 0.00148. The van der Waals surface area contributed by atoms with E-state index in [-0.39, 0.29) is 11.5 Å². The maximum absolute atomic E-state index is 13.9. The molecule has 0 fully saturated rings. The largest absolute Gasteiger partial charge is 0.372 e.